The fourth-order valence-corrected chi connectivity index (χ4v) is 2.59. The lowest BCUT2D eigenvalue weighted by Gasteiger charge is -2.12. The Morgan fingerprint density at radius 2 is 1.93 bits per heavy atom. The highest BCUT2D eigenvalue weighted by Gasteiger charge is 2.12. The van der Waals surface area contributed by atoms with Gasteiger partial charge in [0, 0.05) is 18.4 Å². The molecule has 146 valence electrons. The number of benzene rings is 1. The predicted molar refractivity (Wildman–Crippen MR) is 104 cm³/mol. The van der Waals surface area contributed by atoms with Crippen LogP contribution < -0.4 is 20.6 Å². The van der Waals surface area contributed by atoms with Gasteiger partial charge in [-0.25, -0.2) is 4.98 Å². The summed E-state index contributed by atoms with van der Waals surface area (Å²) < 4.78 is 27.0. The molecule has 1 amide bonds. The molecular weight excluding hydrogens is 370 g/mol. The van der Waals surface area contributed by atoms with Gasteiger partial charge in [0.15, 0.2) is 0 Å². The highest BCUT2D eigenvalue weighted by Crippen LogP contribution is 2.21. The van der Waals surface area contributed by atoms with Crippen molar-refractivity contribution >= 4 is 33.5 Å². The van der Waals surface area contributed by atoms with E-state index >= 15 is 0 Å². The number of aromatic nitrogens is 2. The third-order valence-electron chi connectivity index (χ3n) is 3.43. The van der Waals surface area contributed by atoms with E-state index in [4.69, 9.17) is 9.92 Å². The van der Waals surface area contributed by atoms with Crippen molar-refractivity contribution in [2.75, 3.05) is 23.4 Å². The van der Waals surface area contributed by atoms with Crippen LogP contribution in [0.5, 0.6) is 5.75 Å². The fraction of sp³-hybridized carbons (Fsp3) is 0.353. The first-order valence-corrected chi connectivity index (χ1v) is 10.1. The molecule has 1 heterocycles. The number of primary amides is 1. The zero-order valence-corrected chi connectivity index (χ0v) is 16.2. The number of nitrogens with two attached hydrogens (primary N) is 1. The zero-order valence-electron chi connectivity index (χ0n) is 15.4. The Labute approximate surface area is 158 Å². The molecule has 0 aliphatic carbocycles. The molecule has 0 spiro atoms. The summed E-state index contributed by atoms with van der Waals surface area (Å²) in [5.74, 6) is 0.711. The Morgan fingerprint density at radius 3 is 2.48 bits per heavy atom. The van der Waals surface area contributed by atoms with Crippen molar-refractivity contribution in [2.45, 2.75) is 20.3 Å². The minimum atomic E-state index is -3.58. The molecule has 0 saturated heterocycles. The molecule has 0 atom stereocenters. The van der Waals surface area contributed by atoms with Gasteiger partial charge in [0.05, 0.1) is 11.8 Å². The second-order valence-corrected chi connectivity index (χ2v) is 7.94. The van der Waals surface area contributed by atoms with Crippen LogP contribution in [0.1, 0.15) is 30.6 Å². The number of hydrogen-bond acceptors (Lipinski definition) is 8. The molecule has 0 aliphatic rings. The summed E-state index contributed by atoms with van der Waals surface area (Å²) in [5.41, 5.74) is 6.20. The fourth-order valence-electron chi connectivity index (χ4n) is 2.13. The first-order valence-electron chi connectivity index (χ1n) is 8.31. The smallest absolute Gasteiger partial charge is 0.306 e. The van der Waals surface area contributed by atoms with Crippen LogP contribution in [-0.2, 0) is 10.1 Å². The summed E-state index contributed by atoms with van der Waals surface area (Å²) in [6, 6.07) is 6.25. The van der Waals surface area contributed by atoms with Gasteiger partial charge < -0.3 is 20.6 Å². The number of amides is 1. The molecule has 10 heteroatoms. The minimum absolute atomic E-state index is 0.198. The molecule has 0 aliphatic heterocycles. The molecule has 0 unspecified atom stereocenters. The van der Waals surface area contributed by atoms with E-state index in [1.165, 1.54) is 18.3 Å². The zero-order chi connectivity index (χ0) is 20.0. The van der Waals surface area contributed by atoms with Crippen LogP contribution in [0.2, 0.25) is 0 Å². The highest BCUT2D eigenvalue weighted by molar-refractivity contribution is 7.86. The Bertz CT molecular complexity index is 898. The summed E-state index contributed by atoms with van der Waals surface area (Å²) in [6.07, 6.45) is 3.24. The average molecular weight is 393 g/mol. The van der Waals surface area contributed by atoms with Gasteiger partial charge in [0.1, 0.15) is 11.6 Å². The van der Waals surface area contributed by atoms with E-state index in [1.807, 2.05) is 0 Å². The van der Waals surface area contributed by atoms with E-state index in [0.717, 1.165) is 12.7 Å². The molecule has 27 heavy (non-hydrogen) atoms. The maximum Gasteiger partial charge on any atom is 0.306 e. The SMILES string of the molecule is CC(C)CCNc1nc(Nc2ccc(OS(C)(=O)=O)cc2)ncc1C(N)=O. The van der Waals surface area contributed by atoms with Crippen molar-refractivity contribution in [3.8, 4) is 5.75 Å². The summed E-state index contributed by atoms with van der Waals surface area (Å²) in [5, 5.41) is 6.09. The van der Waals surface area contributed by atoms with Gasteiger partial charge in [0.25, 0.3) is 5.91 Å². The van der Waals surface area contributed by atoms with Gasteiger partial charge in [-0.3, -0.25) is 4.79 Å². The third-order valence-corrected chi connectivity index (χ3v) is 3.92. The van der Waals surface area contributed by atoms with E-state index in [0.29, 0.717) is 24.0 Å². The van der Waals surface area contributed by atoms with Crippen LogP contribution in [0.15, 0.2) is 30.5 Å². The normalized spacial score (nSPS) is 11.3. The predicted octanol–water partition coefficient (Wildman–Crippen LogP) is 2.12. The van der Waals surface area contributed by atoms with Gasteiger partial charge in [0.2, 0.25) is 5.95 Å². The van der Waals surface area contributed by atoms with Crippen LogP contribution in [0.3, 0.4) is 0 Å². The molecule has 2 rings (SSSR count). The van der Waals surface area contributed by atoms with Crippen molar-refractivity contribution in [3.63, 3.8) is 0 Å². The van der Waals surface area contributed by atoms with Crippen LogP contribution >= 0.6 is 0 Å². The minimum Gasteiger partial charge on any atom is -0.383 e. The summed E-state index contributed by atoms with van der Waals surface area (Å²) >= 11 is 0. The monoisotopic (exact) mass is 393 g/mol. The van der Waals surface area contributed by atoms with E-state index in [1.54, 1.807) is 12.1 Å². The van der Waals surface area contributed by atoms with E-state index in [-0.39, 0.29) is 17.3 Å². The van der Waals surface area contributed by atoms with Crippen molar-refractivity contribution in [3.05, 3.63) is 36.0 Å². The molecule has 0 bridgehead atoms. The summed E-state index contributed by atoms with van der Waals surface area (Å²) in [4.78, 5) is 20.0. The Kier molecular flexibility index (Phi) is 6.56. The second kappa shape index (κ2) is 8.67. The number of carbonyl (C=O) groups is 1. The van der Waals surface area contributed by atoms with Gasteiger partial charge in [-0.15, -0.1) is 0 Å². The molecule has 1 aromatic carbocycles. The lowest BCUT2D eigenvalue weighted by molar-refractivity contribution is 0.100. The molecule has 0 fully saturated rings. The van der Waals surface area contributed by atoms with Crippen LogP contribution in [0, 0.1) is 5.92 Å². The molecular formula is C17H23N5O4S. The summed E-state index contributed by atoms with van der Waals surface area (Å²) in [6.45, 7) is 4.84. The van der Waals surface area contributed by atoms with Crippen molar-refractivity contribution < 1.29 is 17.4 Å². The lowest BCUT2D eigenvalue weighted by Crippen LogP contribution is -2.18. The van der Waals surface area contributed by atoms with E-state index < -0.39 is 16.0 Å². The van der Waals surface area contributed by atoms with Gasteiger partial charge in [-0.1, -0.05) is 13.8 Å². The van der Waals surface area contributed by atoms with Crippen molar-refractivity contribution in [2.24, 2.45) is 11.7 Å². The molecule has 0 saturated carbocycles. The maximum atomic E-state index is 11.6. The number of nitrogens with one attached hydrogen (secondary N) is 2. The Hall–Kier alpha value is -2.88. The van der Waals surface area contributed by atoms with Crippen LogP contribution in [0.4, 0.5) is 17.5 Å². The quantitative estimate of drug-likeness (QED) is 0.551. The Balaban J connectivity index is 2.14. The van der Waals surface area contributed by atoms with Crippen LogP contribution in [0.25, 0.3) is 0 Å². The van der Waals surface area contributed by atoms with Gasteiger partial charge >= 0.3 is 10.1 Å². The van der Waals surface area contributed by atoms with Crippen molar-refractivity contribution in [1.82, 2.24) is 9.97 Å². The first-order chi connectivity index (χ1) is 12.6. The van der Waals surface area contributed by atoms with Gasteiger partial charge in [-0.05, 0) is 36.6 Å². The van der Waals surface area contributed by atoms with Crippen LogP contribution in [-0.4, -0.2) is 37.1 Å². The second-order valence-electron chi connectivity index (χ2n) is 6.37. The van der Waals surface area contributed by atoms with E-state index in [2.05, 4.69) is 34.4 Å². The standard InChI is InChI=1S/C17H23N5O4S/c1-11(2)8-9-19-16-14(15(18)23)10-20-17(22-16)21-12-4-6-13(7-5-12)26-27(3,24)25/h4-7,10-11H,8-9H2,1-3H3,(H2,18,23)(H2,19,20,21,22). The lowest BCUT2D eigenvalue weighted by atomic mass is 10.1. The third kappa shape index (κ3) is 6.74. The topological polar surface area (TPSA) is 136 Å². The molecule has 9 nitrogen and oxygen atoms in total. The number of carbonyl (C=O) groups excluding carboxylic acids is 1. The van der Waals surface area contributed by atoms with Crippen molar-refractivity contribution in [1.29, 1.82) is 0 Å². The number of hydrogen-bond donors (Lipinski definition) is 3. The van der Waals surface area contributed by atoms with Gasteiger partial charge in [-0.2, -0.15) is 13.4 Å². The highest BCUT2D eigenvalue weighted by atomic mass is 32.2. The maximum absolute atomic E-state index is 11.6. The number of rotatable bonds is 9. The Morgan fingerprint density at radius 1 is 1.26 bits per heavy atom. The molecule has 0 radical (unpaired) electrons. The van der Waals surface area contributed by atoms with E-state index in [9.17, 15) is 13.2 Å². The summed E-state index contributed by atoms with van der Waals surface area (Å²) in [7, 11) is -3.58. The number of nitrogens with zero attached hydrogens (tertiary/aromatic N) is 2. The largest absolute Gasteiger partial charge is 0.383 e. The number of anilines is 3. The molecule has 2 aromatic rings. The molecule has 4 N–H and O–H groups in total. The average Bonchev–Trinajstić information content (AvgIpc) is 2.55. The first kappa shape index (κ1) is 20.4. The molecule has 1 aromatic heterocycles.